The van der Waals surface area contributed by atoms with E-state index < -0.39 is 11.9 Å². The Morgan fingerprint density at radius 3 is 2.21 bits per heavy atom. The van der Waals surface area contributed by atoms with Crippen LogP contribution in [0.15, 0.2) is 18.3 Å². The van der Waals surface area contributed by atoms with Gasteiger partial charge in [-0.15, -0.1) is 0 Å². The van der Waals surface area contributed by atoms with Crippen LogP contribution in [0.3, 0.4) is 0 Å². The molecule has 0 atom stereocenters. The quantitative estimate of drug-likeness (QED) is 0.821. The van der Waals surface area contributed by atoms with E-state index in [2.05, 4.69) is 15.2 Å². The highest BCUT2D eigenvalue weighted by Crippen LogP contribution is 2.31. The van der Waals surface area contributed by atoms with Gasteiger partial charge in [0.1, 0.15) is 5.69 Å². The van der Waals surface area contributed by atoms with Crippen LogP contribution < -0.4 is 5.32 Å². The summed E-state index contributed by atoms with van der Waals surface area (Å²) < 4.78 is 37.8. The van der Waals surface area contributed by atoms with Crippen molar-refractivity contribution in [2.24, 2.45) is 5.92 Å². The first-order valence-corrected chi connectivity index (χ1v) is 10.7. The van der Waals surface area contributed by atoms with E-state index in [1.54, 1.807) is 0 Å². The molecule has 1 aliphatic heterocycles. The van der Waals surface area contributed by atoms with E-state index in [4.69, 9.17) is 0 Å². The van der Waals surface area contributed by atoms with Gasteiger partial charge in [-0.2, -0.15) is 13.2 Å². The molecule has 5 nitrogen and oxygen atoms in total. The number of rotatable bonds is 4. The van der Waals surface area contributed by atoms with Crippen molar-refractivity contribution in [3.05, 3.63) is 24.0 Å². The van der Waals surface area contributed by atoms with Gasteiger partial charge in [0.15, 0.2) is 0 Å². The molecule has 0 spiro atoms. The number of hydrogen-bond donors (Lipinski definition) is 1. The Morgan fingerprint density at radius 2 is 1.69 bits per heavy atom. The van der Waals surface area contributed by atoms with Crippen LogP contribution in [0, 0.1) is 5.92 Å². The van der Waals surface area contributed by atoms with Crippen LogP contribution in [-0.4, -0.2) is 59.0 Å². The van der Waals surface area contributed by atoms with Gasteiger partial charge in [-0.3, -0.25) is 9.69 Å². The lowest BCUT2D eigenvalue weighted by Crippen LogP contribution is -2.54. The number of amides is 1. The number of hydrogen-bond acceptors (Lipinski definition) is 4. The van der Waals surface area contributed by atoms with Crippen LogP contribution in [-0.2, 0) is 11.0 Å². The fourth-order valence-corrected chi connectivity index (χ4v) is 4.68. The number of piperazine rings is 1. The number of pyridine rings is 1. The lowest BCUT2D eigenvalue weighted by atomic mass is 9.84. The predicted molar refractivity (Wildman–Crippen MR) is 104 cm³/mol. The first-order chi connectivity index (χ1) is 13.9. The Kier molecular flexibility index (Phi) is 5.99. The third-order valence-corrected chi connectivity index (χ3v) is 6.72. The molecule has 2 heterocycles. The summed E-state index contributed by atoms with van der Waals surface area (Å²) in [7, 11) is 0. The molecule has 160 valence electrons. The Labute approximate surface area is 169 Å². The zero-order valence-corrected chi connectivity index (χ0v) is 16.6. The number of anilines is 1. The third-order valence-electron chi connectivity index (χ3n) is 6.72. The van der Waals surface area contributed by atoms with Crippen molar-refractivity contribution in [3.8, 4) is 0 Å². The van der Waals surface area contributed by atoms with Gasteiger partial charge in [0, 0.05) is 44.2 Å². The van der Waals surface area contributed by atoms with E-state index in [0.29, 0.717) is 5.69 Å². The van der Waals surface area contributed by atoms with E-state index in [1.807, 2.05) is 4.90 Å². The molecule has 1 saturated heterocycles. The van der Waals surface area contributed by atoms with Crippen LogP contribution in [0.1, 0.15) is 50.6 Å². The van der Waals surface area contributed by atoms with Gasteiger partial charge in [0.25, 0.3) is 0 Å². The molecule has 0 aromatic carbocycles. The van der Waals surface area contributed by atoms with Gasteiger partial charge in [-0.05, 0) is 50.7 Å². The number of nitrogens with zero attached hydrogens (tertiary/aromatic N) is 3. The Morgan fingerprint density at radius 1 is 1.00 bits per heavy atom. The highest BCUT2D eigenvalue weighted by molar-refractivity contribution is 5.79. The summed E-state index contributed by atoms with van der Waals surface area (Å²) in [6.45, 7) is 3.66. The molecule has 4 rings (SSSR count). The second-order valence-electron chi connectivity index (χ2n) is 8.57. The van der Waals surface area contributed by atoms with Crippen molar-refractivity contribution in [1.29, 1.82) is 0 Å². The molecule has 1 N–H and O–H groups in total. The molecule has 2 saturated carbocycles. The van der Waals surface area contributed by atoms with Crippen molar-refractivity contribution in [2.45, 2.75) is 63.2 Å². The van der Waals surface area contributed by atoms with Crippen molar-refractivity contribution < 1.29 is 18.0 Å². The van der Waals surface area contributed by atoms with E-state index in [9.17, 15) is 18.0 Å². The summed E-state index contributed by atoms with van der Waals surface area (Å²) in [6, 6.07) is 3.34. The maximum absolute atomic E-state index is 12.9. The smallest absolute Gasteiger partial charge is 0.381 e. The summed E-state index contributed by atoms with van der Waals surface area (Å²) >= 11 is 0. The van der Waals surface area contributed by atoms with Crippen LogP contribution >= 0.6 is 0 Å². The van der Waals surface area contributed by atoms with Gasteiger partial charge in [-0.25, -0.2) is 4.98 Å². The number of alkyl halides is 3. The van der Waals surface area contributed by atoms with Gasteiger partial charge < -0.3 is 10.2 Å². The Bertz CT molecular complexity index is 689. The highest BCUT2D eigenvalue weighted by Gasteiger charge is 2.34. The topological polar surface area (TPSA) is 48.5 Å². The molecular formula is C21H29F3N4O. The van der Waals surface area contributed by atoms with E-state index >= 15 is 0 Å². The number of carbonyl (C=O) groups is 1. The van der Waals surface area contributed by atoms with E-state index in [1.165, 1.54) is 31.5 Å². The van der Waals surface area contributed by atoms with Crippen molar-refractivity contribution in [1.82, 2.24) is 14.8 Å². The zero-order chi connectivity index (χ0) is 20.4. The van der Waals surface area contributed by atoms with Gasteiger partial charge in [-0.1, -0.05) is 6.42 Å². The maximum atomic E-state index is 12.9. The number of halogens is 3. The van der Waals surface area contributed by atoms with Gasteiger partial charge in [0.2, 0.25) is 5.91 Å². The second-order valence-corrected chi connectivity index (χ2v) is 8.57. The summed E-state index contributed by atoms with van der Waals surface area (Å²) in [4.78, 5) is 20.9. The minimum absolute atomic E-state index is 0.0778. The molecule has 1 amide bonds. The van der Waals surface area contributed by atoms with Gasteiger partial charge >= 0.3 is 6.18 Å². The summed E-state index contributed by atoms with van der Waals surface area (Å²) in [5.41, 5.74) is -0.283. The lowest BCUT2D eigenvalue weighted by molar-refractivity contribution is -0.141. The molecule has 3 aliphatic rings. The van der Waals surface area contributed by atoms with E-state index in [-0.39, 0.29) is 17.9 Å². The standard InChI is InChI=1S/C21H29F3N4O/c22-21(23,24)19-9-8-17(14-25-19)26-16-6-4-15(5-7-16)20(29)28-12-10-27(11-13-28)18-2-1-3-18/h8-9,14-16,18,26H,1-7,10-13H2/t15-,16+. The summed E-state index contributed by atoms with van der Waals surface area (Å²) in [5, 5.41) is 3.27. The third kappa shape index (κ3) is 4.85. The first kappa shape index (κ1) is 20.4. The molecule has 0 unspecified atom stereocenters. The average molecular weight is 410 g/mol. The second kappa shape index (κ2) is 8.50. The lowest BCUT2D eigenvalue weighted by Gasteiger charge is -2.44. The van der Waals surface area contributed by atoms with Crippen molar-refractivity contribution >= 4 is 11.6 Å². The normalized spacial score (nSPS) is 26.8. The molecule has 1 aromatic heterocycles. The molecular weight excluding hydrogens is 381 g/mol. The molecule has 2 aliphatic carbocycles. The fraction of sp³-hybridized carbons (Fsp3) is 0.714. The maximum Gasteiger partial charge on any atom is 0.433 e. The Hall–Kier alpha value is -1.83. The molecule has 1 aromatic rings. The Balaban J connectivity index is 1.21. The van der Waals surface area contributed by atoms with Crippen LogP contribution in [0.25, 0.3) is 0 Å². The minimum atomic E-state index is -4.42. The summed E-state index contributed by atoms with van der Waals surface area (Å²) in [5.74, 6) is 0.363. The van der Waals surface area contributed by atoms with Crippen molar-refractivity contribution in [2.75, 3.05) is 31.5 Å². The molecule has 3 fully saturated rings. The monoisotopic (exact) mass is 410 g/mol. The van der Waals surface area contributed by atoms with Gasteiger partial charge in [0.05, 0.1) is 11.9 Å². The minimum Gasteiger partial charge on any atom is -0.381 e. The number of nitrogens with one attached hydrogen (secondary N) is 1. The van der Waals surface area contributed by atoms with Crippen LogP contribution in [0.4, 0.5) is 18.9 Å². The van der Waals surface area contributed by atoms with Crippen molar-refractivity contribution in [3.63, 3.8) is 0 Å². The molecule has 29 heavy (non-hydrogen) atoms. The first-order valence-electron chi connectivity index (χ1n) is 10.7. The molecule has 0 bridgehead atoms. The highest BCUT2D eigenvalue weighted by atomic mass is 19.4. The molecule has 0 radical (unpaired) electrons. The number of aromatic nitrogens is 1. The van der Waals surface area contributed by atoms with E-state index in [0.717, 1.165) is 64.0 Å². The predicted octanol–water partition coefficient (Wildman–Crippen LogP) is 3.77. The zero-order valence-electron chi connectivity index (χ0n) is 16.6. The largest absolute Gasteiger partial charge is 0.433 e. The molecule has 8 heteroatoms. The fourth-order valence-electron chi connectivity index (χ4n) is 4.68. The SMILES string of the molecule is O=C([C@H]1CC[C@@H](Nc2ccc(C(F)(F)F)nc2)CC1)N1CCN(C2CCC2)CC1. The van der Waals surface area contributed by atoms with Crippen LogP contribution in [0.2, 0.25) is 0 Å². The summed E-state index contributed by atoms with van der Waals surface area (Å²) in [6.07, 6.45) is 4.12. The van der Waals surface area contributed by atoms with Crippen LogP contribution in [0.5, 0.6) is 0 Å². The number of carbonyl (C=O) groups excluding carboxylic acids is 1. The average Bonchev–Trinajstić information content (AvgIpc) is 2.67.